The van der Waals surface area contributed by atoms with Crippen LogP contribution >= 0.6 is 0 Å². The first-order chi connectivity index (χ1) is 17.3. The highest BCUT2D eigenvalue weighted by Gasteiger charge is 2.43. The van der Waals surface area contributed by atoms with Crippen LogP contribution in [0.4, 0.5) is 13.2 Å². The van der Waals surface area contributed by atoms with Gasteiger partial charge in [0, 0.05) is 29.8 Å². The number of hydrogen-bond acceptors (Lipinski definition) is 6. The number of piperidine rings is 1. The smallest absolute Gasteiger partial charge is 0.350 e. The van der Waals surface area contributed by atoms with Crippen molar-refractivity contribution in [1.29, 1.82) is 0 Å². The van der Waals surface area contributed by atoms with Gasteiger partial charge in [-0.15, -0.1) is 0 Å². The molecule has 0 saturated carbocycles. The summed E-state index contributed by atoms with van der Waals surface area (Å²) in [7, 11) is 0. The Bertz CT molecular complexity index is 1290. The monoisotopic (exact) mass is 496 g/mol. The fraction of sp³-hybridized carbons (Fsp3) is 0.370. The number of nitrogens with zero attached hydrogens (tertiary/aromatic N) is 4. The number of alkyl halides is 3. The highest BCUT2D eigenvalue weighted by atomic mass is 19.4. The van der Waals surface area contributed by atoms with Crippen molar-refractivity contribution >= 4 is 0 Å². The minimum Gasteiger partial charge on any atom is -0.350 e. The molecule has 0 N–H and O–H groups in total. The molecular weight excluding hydrogens is 469 g/mol. The number of likely N-dealkylation sites (tertiary alicyclic amines) is 1. The van der Waals surface area contributed by atoms with E-state index in [1.165, 1.54) is 37.0 Å². The molecule has 0 aliphatic carbocycles. The van der Waals surface area contributed by atoms with Crippen molar-refractivity contribution < 1.29 is 22.2 Å². The first kappa shape index (κ1) is 24.2. The molecule has 0 spiro atoms. The Morgan fingerprint density at radius 3 is 2.25 bits per heavy atom. The number of hydrogen-bond donors (Lipinski definition) is 0. The summed E-state index contributed by atoms with van der Waals surface area (Å²) in [5, 5.41) is 7.55. The normalized spacial score (nSPS) is 19.0. The van der Waals surface area contributed by atoms with Gasteiger partial charge in [0.25, 0.3) is 5.89 Å². The second kappa shape index (κ2) is 9.89. The Morgan fingerprint density at radius 1 is 0.889 bits per heavy atom. The van der Waals surface area contributed by atoms with Gasteiger partial charge in [0.1, 0.15) is 11.3 Å². The zero-order valence-corrected chi connectivity index (χ0v) is 20.1. The molecule has 4 aromatic rings. The number of benzene rings is 2. The van der Waals surface area contributed by atoms with Gasteiger partial charge in [0.15, 0.2) is 0 Å². The molecule has 36 heavy (non-hydrogen) atoms. The van der Waals surface area contributed by atoms with Crippen LogP contribution in [0.25, 0.3) is 34.3 Å². The zero-order valence-electron chi connectivity index (χ0n) is 20.1. The second-order valence-electron chi connectivity index (χ2n) is 9.34. The van der Waals surface area contributed by atoms with Gasteiger partial charge in [-0.25, -0.2) is 0 Å². The van der Waals surface area contributed by atoms with E-state index < -0.39 is 17.5 Å². The first-order valence-corrected chi connectivity index (χ1v) is 12.1. The molecule has 2 atom stereocenters. The van der Waals surface area contributed by atoms with Crippen molar-refractivity contribution in [3.05, 3.63) is 65.7 Å². The molecule has 2 unspecified atom stereocenters. The number of rotatable bonds is 6. The average Bonchev–Trinajstić information content (AvgIpc) is 3.52. The standard InChI is InChI=1S/C27H27F3N4O2/c1-17-7-6-8-18(2)34(17)16-15-19-11-13-21(14-12-19)25-31-26(36-33-25)24-22(27(28,29)30)23(32-35-24)20-9-4-3-5-10-20/h3-5,9-14,17-18H,6-8,15-16H2,1-2H3. The maximum atomic E-state index is 13.9. The fourth-order valence-corrected chi connectivity index (χ4v) is 4.92. The molecule has 6 nitrogen and oxygen atoms in total. The molecular formula is C27H27F3N4O2. The minimum absolute atomic E-state index is 0.181. The van der Waals surface area contributed by atoms with Gasteiger partial charge in [-0.05, 0) is 38.7 Å². The van der Waals surface area contributed by atoms with E-state index in [1.54, 1.807) is 18.2 Å². The van der Waals surface area contributed by atoms with Crippen LogP contribution in [0.3, 0.4) is 0 Å². The van der Waals surface area contributed by atoms with E-state index in [2.05, 4.69) is 34.0 Å². The second-order valence-corrected chi connectivity index (χ2v) is 9.34. The Morgan fingerprint density at radius 2 is 1.58 bits per heavy atom. The average molecular weight is 497 g/mol. The summed E-state index contributed by atoms with van der Waals surface area (Å²) in [5.74, 6) is -0.786. The molecule has 2 aromatic heterocycles. The van der Waals surface area contributed by atoms with Crippen LogP contribution < -0.4 is 0 Å². The third kappa shape index (κ3) is 4.93. The van der Waals surface area contributed by atoms with Gasteiger partial charge in [0.05, 0.1) is 0 Å². The maximum absolute atomic E-state index is 13.9. The molecule has 1 fully saturated rings. The summed E-state index contributed by atoms with van der Waals surface area (Å²) in [6.07, 6.45) is -0.0524. The Hall–Kier alpha value is -3.46. The Balaban J connectivity index is 1.35. The molecule has 1 aliphatic heterocycles. The lowest BCUT2D eigenvalue weighted by Gasteiger charge is -2.39. The van der Waals surface area contributed by atoms with Crippen molar-refractivity contribution in [2.45, 2.75) is 57.8 Å². The molecule has 1 saturated heterocycles. The summed E-state index contributed by atoms with van der Waals surface area (Å²) >= 11 is 0. The molecule has 188 valence electrons. The zero-order chi connectivity index (χ0) is 25.3. The summed E-state index contributed by atoms with van der Waals surface area (Å²) in [6, 6.07) is 16.9. The van der Waals surface area contributed by atoms with Crippen molar-refractivity contribution in [3.63, 3.8) is 0 Å². The molecule has 2 aromatic carbocycles. The molecule has 0 radical (unpaired) electrons. The summed E-state index contributed by atoms with van der Waals surface area (Å²) in [4.78, 5) is 6.74. The lowest BCUT2D eigenvalue weighted by Crippen LogP contribution is -2.44. The third-order valence-electron chi connectivity index (χ3n) is 6.89. The van der Waals surface area contributed by atoms with Crippen LogP contribution in [-0.2, 0) is 12.6 Å². The van der Waals surface area contributed by atoms with E-state index >= 15 is 0 Å². The lowest BCUT2D eigenvalue weighted by molar-refractivity contribution is -0.136. The van der Waals surface area contributed by atoms with Crippen molar-refractivity contribution in [2.24, 2.45) is 0 Å². The van der Waals surface area contributed by atoms with Crippen LogP contribution in [0.5, 0.6) is 0 Å². The topological polar surface area (TPSA) is 68.2 Å². The van der Waals surface area contributed by atoms with Gasteiger partial charge >= 0.3 is 6.18 Å². The van der Waals surface area contributed by atoms with E-state index in [0.29, 0.717) is 17.6 Å². The Kier molecular flexibility index (Phi) is 6.66. The van der Waals surface area contributed by atoms with Crippen LogP contribution in [0.1, 0.15) is 44.2 Å². The molecule has 0 amide bonds. The molecule has 5 rings (SSSR count). The summed E-state index contributed by atoms with van der Waals surface area (Å²) in [6.45, 7) is 5.56. The van der Waals surface area contributed by atoms with E-state index in [0.717, 1.165) is 13.0 Å². The van der Waals surface area contributed by atoms with Crippen molar-refractivity contribution in [3.8, 4) is 34.3 Å². The van der Waals surface area contributed by atoms with Crippen molar-refractivity contribution in [2.75, 3.05) is 6.54 Å². The summed E-state index contributed by atoms with van der Waals surface area (Å²) < 4.78 is 52.1. The maximum Gasteiger partial charge on any atom is 0.422 e. The predicted octanol–water partition coefficient (Wildman–Crippen LogP) is 6.88. The summed E-state index contributed by atoms with van der Waals surface area (Å²) in [5.41, 5.74) is 0.739. The van der Waals surface area contributed by atoms with Crippen LogP contribution in [0, 0.1) is 0 Å². The quantitative estimate of drug-likeness (QED) is 0.290. The SMILES string of the molecule is CC1CCCC(C)N1CCc1ccc(-c2noc(-c3onc(-c4ccccc4)c3C(F)(F)F)n2)cc1. The fourth-order valence-electron chi connectivity index (χ4n) is 4.92. The van der Waals surface area contributed by atoms with E-state index in [1.807, 2.05) is 24.3 Å². The highest BCUT2D eigenvalue weighted by Crippen LogP contribution is 2.43. The van der Waals surface area contributed by atoms with Gasteiger partial charge in [-0.3, -0.25) is 4.90 Å². The predicted molar refractivity (Wildman–Crippen MR) is 129 cm³/mol. The van der Waals surface area contributed by atoms with Gasteiger partial charge in [0.2, 0.25) is 11.6 Å². The van der Waals surface area contributed by atoms with E-state index in [4.69, 9.17) is 9.05 Å². The minimum atomic E-state index is -4.72. The van der Waals surface area contributed by atoms with E-state index in [-0.39, 0.29) is 23.0 Å². The molecule has 0 bridgehead atoms. The third-order valence-corrected chi connectivity index (χ3v) is 6.89. The number of halogens is 3. The van der Waals surface area contributed by atoms with Crippen LogP contribution in [0.15, 0.2) is 63.6 Å². The van der Waals surface area contributed by atoms with Gasteiger partial charge in [-0.1, -0.05) is 71.3 Å². The van der Waals surface area contributed by atoms with Crippen LogP contribution in [-0.4, -0.2) is 38.8 Å². The first-order valence-electron chi connectivity index (χ1n) is 12.1. The lowest BCUT2D eigenvalue weighted by atomic mass is 9.96. The molecule has 9 heteroatoms. The van der Waals surface area contributed by atoms with Crippen molar-refractivity contribution in [1.82, 2.24) is 20.2 Å². The van der Waals surface area contributed by atoms with Gasteiger partial charge in [-0.2, -0.15) is 18.2 Å². The Labute approximate surface area is 207 Å². The largest absolute Gasteiger partial charge is 0.422 e. The highest BCUT2D eigenvalue weighted by molar-refractivity contribution is 5.71. The van der Waals surface area contributed by atoms with Crippen LogP contribution in [0.2, 0.25) is 0 Å². The molecule has 1 aliphatic rings. The number of aromatic nitrogens is 3. The van der Waals surface area contributed by atoms with E-state index in [9.17, 15) is 13.2 Å². The van der Waals surface area contributed by atoms with Gasteiger partial charge < -0.3 is 9.05 Å². The molecule has 3 heterocycles.